The highest BCUT2D eigenvalue weighted by atomic mass is 32.2. The standard InChI is InChI=1S/C11H17N3OS/c1-3-11(12,4-2)10-13-8-6-16-5-7(8)9(15)14-10/h3-6,12H2,1-2H3,(H,13,14,15). The number of nitrogens with zero attached hydrogens (tertiary/aromatic N) is 1. The first kappa shape index (κ1) is 11.7. The van der Waals surface area contributed by atoms with Crippen molar-refractivity contribution < 1.29 is 0 Å². The lowest BCUT2D eigenvalue weighted by atomic mass is 9.93. The number of nitrogens with one attached hydrogen (secondary N) is 1. The molecule has 16 heavy (non-hydrogen) atoms. The van der Waals surface area contributed by atoms with Crippen LogP contribution in [0.4, 0.5) is 0 Å². The number of H-pyrrole nitrogens is 1. The Morgan fingerprint density at radius 3 is 2.75 bits per heavy atom. The number of thioether (sulfide) groups is 1. The van der Waals surface area contributed by atoms with Gasteiger partial charge in [0.05, 0.1) is 11.2 Å². The summed E-state index contributed by atoms with van der Waals surface area (Å²) in [5.41, 5.74) is 7.47. The van der Waals surface area contributed by atoms with Gasteiger partial charge < -0.3 is 10.7 Å². The number of nitrogens with two attached hydrogens (primary N) is 1. The van der Waals surface area contributed by atoms with Gasteiger partial charge in [0, 0.05) is 17.1 Å². The summed E-state index contributed by atoms with van der Waals surface area (Å²) in [4.78, 5) is 19.2. The zero-order chi connectivity index (χ0) is 11.8. The van der Waals surface area contributed by atoms with E-state index in [-0.39, 0.29) is 5.56 Å². The first-order valence-electron chi connectivity index (χ1n) is 5.60. The summed E-state index contributed by atoms with van der Waals surface area (Å²) in [5.74, 6) is 2.24. The summed E-state index contributed by atoms with van der Waals surface area (Å²) < 4.78 is 0. The van der Waals surface area contributed by atoms with Crippen molar-refractivity contribution in [3.8, 4) is 0 Å². The van der Waals surface area contributed by atoms with Crippen LogP contribution in [-0.4, -0.2) is 9.97 Å². The molecule has 4 nitrogen and oxygen atoms in total. The Kier molecular flexibility index (Phi) is 3.08. The topological polar surface area (TPSA) is 71.8 Å². The first-order chi connectivity index (χ1) is 7.60. The molecule has 1 aliphatic rings. The van der Waals surface area contributed by atoms with Gasteiger partial charge in [-0.2, -0.15) is 11.8 Å². The maximum Gasteiger partial charge on any atom is 0.255 e. The lowest BCUT2D eigenvalue weighted by Crippen LogP contribution is -2.39. The van der Waals surface area contributed by atoms with Crippen LogP contribution in [-0.2, 0) is 17.0 Å². The van der Waals surface area contributed by atoms with Crippen molar-refractivity contribution in [3.05, 3.63) is 27.4 Å². The second kappa shape index (κ2) is 4.22. The maximum atomic E-state index is 11.8. The van der Waals surface area contributed by atoms with Crippen LogP contribution in [0.1, 0.15) is 43.8 Å². The molecule has 5 heteroatoms. The summed E-state index contributed by atoms with van der Waals surface area (Å²) in [7, 11) is 0. The molecule has 0 amide bonds. The van der Waals surface area contributed by atoms with Gasteiger partial charge in [-0.1, -0.05) is 13.8 Å². The van der Waals surface area contributed by atoms with E-state index in [1.807, 2.05) is 13.8 Å². The minimum absolute atomic E-state index is 0.0123. The smallest absolute Gasteiger partial charge is 0.255 e. The van der Waals surface area contributed by atoms with E-state index in [2.05, 4.69) is 9.97 Å². The molecule has 0 aliphatic carbocycles. The summed E-state index contributed by atoms with van der Waals surface area (Å²) >= 11 is 1.73. The molecule has 2 rings (SSSR count). The van der Waals surface area contributed by atoms with Gasteiger partial charge in [0.25, 0.3) is 5.56 Å². The SMILES string of the molecule is CCC(N)(CC)c1nc2c(c(=O)[nH]1)CSC2. The Labute approximate surface area is 99.0 Å². The second-order valence-corrected chi connectivity index (χ2v) is 5.18. The van der Waals surface area contributed by atoms with Crippen molar-refractivity contribution >= 4 is 11.8 Å². The normalized spacial score (nSPS) is 15.2. The van der Waals surface area contributed by atoms with Gasteiger partial charge in [-0.25, -0.2) is 4.98 Å². The van der Waals surface area contributed by atoms with Gasteiger partial charge in [-0.05, 0) is 12.8 Å². The molecule has 0 atom stereocenters. The molecule has 1 aromatic heterocycles. The van der Waals surface area contributed by atoms with E-state index in [9.17, 15) is 4.79 Å². The Morgan fingerprint density at radius 2 is 2.12 bits per heavy atom. The summed E-state index contributed by atoms with van der Waals surface area (Å²) in [6.45, 7) is 4.04. The lowest BCUT2D eigenvalue weighted by Gasteiger charge is -2.25. The molecule has 3 N–H and O–H groups in total. The fraction of sp³-hybridized carbons (Fsp3) is 0.636. The third-order valence-corrected chi connectivity index (χ3v) is 4.29. The Balaban J connectivity index is 2.52. The first-order valence-corrected chi connectivity index (χ1v) is 6.75. The summed E-state index contributed by atoms with van der Waals surface area (Å²) in [6, 6.07) is 0. The number of hydrogen-bond donors (Lipinski definition) is 2. The highest BCUT2D eigenvalue weighted by Crippen LogP contribution is 2.28. The number of hydrogen-bond acceptors (Lipinski definition) is 4. The third-order valence-electron chi connectivity index (χ3n) is 3.32. The molecule has 88 valence electrons. The predicted octanol–water partition coefficient (Wildman–Crippen LogP) is 1.49. The van der Waals surface area contributed by atoms with Crippen LogP contribution >= 0.6 is 11.8 Å². The molecular weight excluding hydrogens is 222 g/mol. The Bertz CT molecular complexity index is 451. The molecule has 0 unspecified atom stereocenters. The number of aromatic amines is 1. The van der Waals surface area contributed by atoms with E-state index in [0.717, 1.165) is 35.6 Å². The van der Waals surface area contributed by atoms with Crippen molar-refractivity contribution in [2.24, 2.45) is 5.73 Å². The average Bonchev–Trinajstić information content (AvgIpc) is 2.76. The Hall–Kier alpha value is -0.810. The van der Waals surface area contributed by atoms with Crippen molar-refractivity contribution in [2.75, 3.05) is 0 Å². The molecule has 0 fully saturated rings. The quantitative estimate of drug-likeness (QED) is 0.838. The van der Waals surface area contributed by atoms with E-state index < -0.39 is 5.54 Å². The van der Waals surface area contributed by atoms with E-state index >= 15 is 0 Å². The zero-order valence-electron chi connectivity index (χ0n) is 9.67. The second-order valence-electron chi connectivity index (χ2n) is 4.20. The van der Waals surface area contributed by atoms with Crippen molar-refractivity contribution in [3.63, 3.8) is 0 Å². The molecule has 1 aliphatic heterocycles. The van der Waals surface area contributed by atoms with Gasteiger partial charge in [-0.15, -0.1) is 0 Å². The molecule has 2 heterocycles. The zero-order valence-corrected chi connectivity index (χ0v) is 10.5. The van der Waals surface area contributed by atoms with Crippen LogP contribution < -0.4 is 11.3 Å². The van der Waals surface area contributed by atoms with Gasteiger partial charge >= 0.3 is 0 Å². The summed E-state index contributed by atoms with van der Waals surface area (Å²) in [6.07, 6.45) is 1.55. The fourth-order valence-corrected chi connectivity index (χ4v) is 2.92. The van der Waals surface area contributed by atoms with E-state index in [1.165, 1.54) is 0 Å². The van der Waals surface area contributed by atoms with Crippen LogP contribution in [0.3, 0.4) is 0 Å². The number of rotatable bonds is 3. The molecule has 0 aromatic carbocycles. The van der Waals surface area contributed by atoms with E-state index in [0.29, 0.717) is 5.82 Å². The molecule has 0 spiro atoms. The maximum absolute atomic E-state index is 11.8. The highest BCUT2D eigenvalue weighted by molar-refractivity contribution is 7.98. The third kappa shape index (κ3) is 1.78. The minimum Gasteiger partial charge on any atom is -0.319 e. The molecule has 0 bridgehead atoms. The van der Waals surface area contributed by atoms with E-state index in [1.54, 1.807) is 11.8 Å². The van der Waals surface area contributed by atoms with Gasteiger partial charge in [-0.3, -0.25) is 4.79 Å². The molecule has 0 saturated heterocycles. The van der Waals surface area contributed by atoms with Crippen molar-refractivity contribution in [1.29, 1.82) is 0 Å². The number of fused-ring (bicyclic) bond motifs is 1. The molecular formula is C11H17N3OS. The molecule has 1 aromatic rings. The van der Waals surface area contributed by atoms with Crippen LogP contribution in [0.25, 0.3) is 0 Å². The van der Waals surface area contributed by atoms with Gasteiger partial charge in [0.15, 0.2) is 0 Å². The van der Waals surface area contributed by atoms with Crippen molar-refractivity contribution in [2.45, 2.75) is 43.7 Å². The van der Waals surface area contributed by atoms with Gasteiger partial charge in [0.2, 0.25) is 0 Å². The fourth-order valence-electron chi connectivity index (χ4n) is 1.88. The van der Waals surface area contributed by atoms with E-state index in [4.69, 9.17) is 5.73 Å². The predicted molar refractivity (Wildman–Crippen MR) is 66.3 cm³/mol. The number of aromatic nitrogens is 2. The van der Waals surface area contributed by atoms with Crippen molar-refractivity contribution in [1.82, 2.24) is 9.97 Å². The molecule has 0 saturated carbocycles. The largest absolute Gasteiger partial charge is 0.319 e. The van der Waals surface area contributed by atoms with Crippen LogP contribution in [0.5, 0.6) is 0 Å². The lowest BCUT2D eigenvalue weighted by molar-refractivity contribution is 0.385. The highest BCUT2D eigenvalue weighted by Gasteiger charge is 2.28. The molecule has 0 radical (unpaired) electrons. The van der Waals surface area contributed by atoms with Crippen LogP contribution in [0.15, 0.2) is 4.79 Å². The average molecular weight is 239 g/mol. The Morgan fingerprint density at radius 1 is 1.44 bits per heavy atom. The monoisotopic (exact) mass is 239 g/mol. The van der Waals surface area contributed by atoms with Gasteiger partial charge in [0.1, 0.15) is 5.82 Å². The van der Waals surface area contributed by atoms with Crippen LogP contribution in [0.2, 0.25) is 0 Å². The van der Waals surface area contributed by atoms with Crippen LogP contribution in [0, 0.1) is 0 Å². The summed E-state index contributed by atoms with van der Waals surface area (Å²) in [5, 5.41) is 0. The minimum atomic E-state index is -0.499.